The molecule has 0 saturated carbocycles. The van der Waals surface area contributed by atoms with Crippen LogP contribution in [0.1, 0.15) is 24.4 Å². The van der Waals surface area contributed by atoms with Crippen LogP contribution in [0, 0.1) is 3.57 Å². The lowest BCUT2D eigenvalue weighted by Crippen LogP contribution is -2.24. The summed E-state index contributed by atoms with van der Waals surface area (Å²) in [5.41, 5.74) is 1.36. The highest BCUT2D eigenvalue weighted by molar-refractivity contribution is 14.1. The van der Waals surface area contributed by atoms with Gasteiger partial charge in [-0.15, -0.1) is 0 Å². The number of benzene rings is 1. The summed E-state index contributed by atoms with van der Waals surface area (Å²) in [6.45, 7) is 1.04. The van der Waals surface area contributed by atoms with Gasteiger partial charge in [0.25, 0.3) is 0 Å². The first-order chi connectivity index (χ1) is 8.84. The quantitative estimate of drug-likeness (QED) is 0.777. The van der Waals surface area contributed by atoms with Gasteiger partial charge in [0.1, 0.15) is 0 Å². The molecule has 18 heavy (non-hydrogen) atoms. The number of hydrogen-bond donors (Lipinski definition) is 0. The third-order valence-electron chi connectivity index (χ3n) is 3.30. The fourth-order valence-corrected chi connectivity index (χ4v) is 2.76. The number of halogens is 1. The van der Waals surface area contributed by atoms with Crippen LogP contribution in [0.15, 0.2) is 42.7 Å². The Labute approximate surface area is 120 Å². The molecule has 92 valence electrons. The topological polar surface area (TPSA) is 29.0 Å². The molecule has 1 aliphatic rings. The van der Waals surface area contributed by atoms with Crippen molar-refractivity contribution in [2.75, 3.05) is 11.4 Å². The average molecular weight is 351 g/mol. The number of anilines is 1. The van der Waals surface area contributed by atoms with E-state index in [1.54, 1.807) is 0 Å². The Morgan fingerprint density at radius 3 is 2.56 bits per heavy atom. The maximum absolute atomic E-state index is 4.44. The molecule has 0 N–H and O–H groups in total. The van der Waals surface area contributed by atoms with Gasteiger partial charge < -0.3 is 4.90 Å². The first-order valence-electron chi connectivity index (χ1n) is 6.14. The molecule has 1 aromatic carbocycles. The van der Waals surface area contributed by atoms with E-state index in [1.165, 1.54) is 18.4 Å². The monoisotopic (exact) mass is 351 g/mol. The summed E-state index contributed by atoms with van der Waals surface area (Å²) in [6, 6.07) is 11.1. The molecule has 0 amide bonds. The third kappa shape index (κ3) is 2.34. The van der Waals surface area contributed by atoms with Crippen molar-refractivity contribution < 1.29 is 0 Å². The summed E-state index contributed by atoms with van der Waals surface area (Å²) in [4.78, 5) is 11.2. The van der Waals surface area contributed by atoms with Gasteiger partial charge in [0, 0.05) is 22.5 Å². The van der Waals surface area contributed by atoms with Gasteiger partial charge in [-0.2, -0.15) is 0 Å². The Balaban J connectivity index is 1.90. The predicted octanol–water partition coefficient (Wildman–Crippen LogP) is 3.42. The molecule has 2 heterocycles. The number of rotatable bonds is 2. The fourth-order valence-electron chi connectivity index (χ4n) is 2.48. The highest BCUT2D eigenvalue weighted by Gasteiger charge is 2.27. The number of aromatic nitrogens is 2. The standard InChI is InChI=1S/C14H14IN3/c15-12-9-16-14(17-10-12)18-8-4-7-13(18)11-5-2-1-3-6-11/h1-3,5-6,9-10,13H,4,7-8H2. The molecule has 1 saturated heterocycles. The molecule has 0 radical (unpaired) electrons. The molecule has 0 spiro atoms. The van der Waals surface area contributed by atoms with Gasteiger partial charge in [-0.1, -0.05) is 30.3 Å². The largest absolute Gasteiger partial charge is 0.334 e. The molecule has 1 unspecified atom stereocenters. The Morgan fingerprint density at radius 1 is 1.11 bits per heavy atom. The van der Waals surface area contributed by atoms with Crippen LogP contribution in [0.5, 0.6) is 0 Å². The maximum atomic E-state index is 4.44. The number of hydrogen-bond acceptors (Lipinski definition) is 3. The second-order valence-corrected chi connectivity index (χ2v) is 5.71. The van der Waals surface area contributed by atoms with Crippen LogP contribution in [-0.4, -0.2) is 16.5 Å². The molecular formula is C14H14IN3. The summed E-state index contributed by atoms with van der Waals surface area (Å²) in [6.07, 6.45) is 6.14. The van der Waals surface area contributed by atoms with Crippen LogP contribution in [0.3, 0.4) is 0 Å². The van der Waals surface area contributed by atoms with E-state index in [0.717, 1.165) is 16.1 Å². The molecule has 0 aliphatic carbocycles. The van der Waals surface area contributed by atoms with Gasteiger partial charge >= 0.3 is 0 Å². The van der Waals surface area contributed by atoms with Gasteiger partial charge in [-0.25, -0.2) is 9.97 Å². The van der Waals surface area contributed by atoms with E-state index in [0.29, 0.717) is 6.04 Å². The fraction of sp³-hybridized carbons (Fsp3) is 0.286. The molecule has 1 aliphatic heterocycles. The lowest BCUT2D eigenvalue weighted by atomic mass is 10.1. The van der Waals surface area contributed by atoms with Crippen LogP contribution in [-0.2, 0) is 0 Å². The van der Waals surface area contributed by atoms with Gasteiger partial charge in [0.15, 0.2) is 0 Å². The van der Waals surface area contributed by atoms with E-state index in [4.69, 9.17) is 0 Å². The van der Waals surface area contributed by atoms with E-state index in [2.05, 4.69) is 67.8 Å². The summed E-state index contributed by atoms with van der Waals surface area (Å²) >= 11 is 2.23. The first kappa shape index (κ1) is 11.9. The highest BCUT2D eigenvalue weighted by atomic mass is 127. The zero-order chi connectivity index (χ0) is 12.4. The average Bonchev–Trinajstić information content (AvgIpc) is 2.90. The van der Waals surface area contributed by atoms with Crippen molar-refractivity contribution in [3.8, 4) is 0 Å². The van der Waals surface area contributed by atoms with Crippen molar-refractivity contribution in [1.29, 1.82) is 0 Å². The van der Waals surface area contributed by atoms with Gasteiger partial charge in [0.05, 0.1) is 6.04 Å². The van der Waals surface area contributed by atoms with Gasteiger partial charge in [-0.3, -0.25) is 0 Å². The van der Waals surface area contributed by atoms with Gasteiger partial charge in [0.2, 0.25) is 5.95 Å². The van der Waals surface area contributed by atoms with Crippen molar-refractivity contribution in [3.63, 3.8) is 0 Å². The number of nitrogens with zero attached hydrogens (tertiary/aromatic N) is 3. The van der Waals surface area contributed by atoms with Crippen LogP contribution in [0.25, 0.3) is 0 Å². The van der Waals surface area contributed by atoms with Crippen molar-refractivity contribution in [1.82, 2.24) is 9.97 Å². The van der Waals surface area contributed by atoms with Crippen molar-refractivity contribution in [2.24, 2.45) is 0 Å². The van der Waals surface area contributed by atoms with Crippen LogP contribution in [0.4, 0.5) is 5.95 Å². The summed E-state index contributed by atoms with van der Waals surface area (Å²) in [7, 11) is 0. The minimum atomic E-state index is 0.422. The maximum Gasteiger partial charge on any atom is 0.225 e. The smallest absolute Gasteiger partial charge is 0.225 e. The second kappa shape index (κ2) is 5.22. The van der Waals surface area contributed by atoms with E-state index in [-0.39, 0.29) is 0 Å². The Morgan fingerprint density at radius 2 is 1.83 bits per heavy atom. The highest BCUT2D eigenvalue weighted by Crippen LogP contribution is 2.33. The van der Waals surface area contributed by atoms with Gasteiger partial charge in [-0.05, 0) is 41.0 Å². The summed E-state index contributed by atoms with van der Waals surface area (Å²) in [5, 5.41) is 0. The second-order valence-electron chi connectivity index (χ2n) is 4.46. The van der Waals surface area contributed by atoms with Crippen LogP contribution in [0.2, 0.25) is 0 Å². The lowest BCUT2D eigenvalue weighted by Gasteiger charge is -2.24. The molecule has 3 nitrogen and oxygen atoms in total. The third-order valence-corrected chi connectivity index (χ3v) is 3.86. The molecule has 1 fully saturated rings. The predicted molar refractivity (Wildman–Crippen MR) is 80.5 cm³/mol. The van der Waals surface area contributed by atoms with Crippen molar-refractivity contribution in [3.05, 3.63) is 51.9 Å². The minimum absolute atomic E-state index is 0.422. The molecule has 1 aromatic heterocycles. The van der Waals surface area contributed by atoms with E-state index in [1.807, 2.05) is 12.4 Å². The normalized spacial score (nSPS) is 19.2. The molecule has 4 heteroatoms. The Bertz CT molecular complexity index is 512. The molecule has 3 rings (SSSR count). The van der Waals surface area contributed by atoms with E-state index < -0.39 is 0 Å². The SMILES string of the molecule is Ic1cnc(N2CCCC2c2ccccc2)nc1. The zero-order valence-electron chi connectivity index (χ0n) is 9.96. The van der Waals surface area contributed by atoms with Crippen molar-refractivity contribution >= 4 is 28.5 Å². The van der Waals surface area contributed by atoms with E-state index in [9.17, 15) is 0 Å². The minimum Gasteiger partial charge on any atom is -0.334 e. The summed E-state index contributed by atoms with van der Waals surface area (Å²) in [5.74, 6) is 0.849. The van der Waals surface area contributed by atoms with Crippen LogP contribution < -0.4 is 4.90 Å². The molecule has 1 atom stereocenters. The Kier molecular flexibility index (Phi) is 3.45. The zero-order valence-corrected chi connectivity index (χ0v) is 12.1. The first-order valence-corrected chi connectivity index (χ1v) is 7.21. The Hall–Kier alpha value is -1.17. The van der Waals surface area contributed by atoms with Crippen LogP contribution >= 0.6 is 22.6 Å². The molecule has 2 aromatic rings. The molecule has 0 bridgehead atoms. The molecular weight excluding hydrogens is 337 g/mol. The van der Waals surface area contributed by atoms with Crippen molar-refractivity contribution in [2.45, 2.75) is 18.9 Å². The summed E-state index contributed by atoms with van der Waals surface area (Å²) < 4.78 is 1.08. The van der Waals surface area contributed by atoms with E-state index >= 15 is 0 Å². The lowest BCUT2D eigenvalue weighted by molar-refractivity contribution is 0.701.